The molecule has 1 fully saturated rings. The van der Waals surface area contributed by atoms with E-state index in [-0.39, 0.29) is 17.7 Å². The van der Waals surface area contributed by atoms with Crippen molar-refractivity contribution >= 4 is 17.8 Å². The molecule has 1 aliphatic rings. The van der Waals surface area contributed by atoms with Crippen LogP contribution in [0.15, 0.2) is 30.3 Å². The molecule has 0 radical (unpaired) electrons. The fraction of sp³-hybridized carbons (Fsp3) is 0.526. The maximum Gasteiger partial charge on any atom is 0.308 e. The zero-order chi connectivity index (χ0) is 18.6. The lowest BCUT2D eigenvalue weighted by atomic mass is 10.0. The summed E-state index contributed by atoms with van der Waals surface area (Å²) >= 11 is 0. The highest BCUT2D eigenvalue weighted by atomic mass is 16.4. The van der Waals surface area contributed by atoms with Crippen molar-refractivity contribution in [1.82, 2.24) is 10.2 Å². The molecule has 3 unspecified atom stereocenters. The van der Waals surface area contributed by atoms with E-state index in [4.69, 9.17) is 0 Å². The second-order valence-electron chi connectivity index (χ2n) is 7.01. The van der Waals surface area contributed by atoms with Crippen LogP contribution in [-0.2, 0) is 14.4 Å². The fourth-order valence-electron chi connectivity index (χ4n) is 3.27. The lowest BCUT2D eigenvalue weighted by Gasteiger charge is -2.29. The van der Waals surface area contributed by atoms with Gasteiger partial charge >= 0.3 is 5.97 Å². The average Bonchev–Trinajstić information content (AvgIpc) is 2.94. The Balaban J connectivity index is 2.22. The standard InChI is InChI=1S/C19H26N2O4/c1-12(2)11-16(22)20-17(14-7-5-4-6-8-14)18(23)21-10-9-15(13(21)3)19(24)25/h4-8,12-13,15,17H,9-11H2,1-3H3,(H,20,22)(H,24,25). The average molecular weight is 346 g/mol. The molecular weight excluding hydrogens is 320 g/mol. The minimum Gasteiger partial charge on any atom is -0.481 e. The number of benzene rings is 1. The molecule has 6 nitrogen and oxygen atoms in total. The van der Waals surface area contributed by atoms with Crippen molar-refractivity contribution in [3.63, 3.8) is 0 Å². The normalized spacial score (nSPS) is 21.2. The van der Waals surface area contributed by atoms with Crippen LogP contribution < -0.4 is 5.32 Å². The van der Waals surface area contributed by atoms with Crippen molar-refractivity contribution in [2.75, 3.05) is 6.54 Å². The van der Waals surface area contributed by atoms with Crippen LogP contribution in [0.4, 0.5) is 0 Å². The number of amides is 2. The summed E-state index contributed by atoms with van der Waals surface area (Å²) in [6.45, 7) is 6.03. The van der Waals surface area contributed by atoms with E-state index < -0.39 is 24.0 Å². The number of hydrogen-bond acceptors (Lipinski definition) is 3. The van der Waals surface area contributed by atoms with Crippen molar-refractivity contribution in [1.29, 1.82) is 0 Å². The first-order valence-corrected chi connectivity index (χ1v) is 8.68. The first kappa shape index (κ1) is 19.0. The Morgan fingerprint density at radius 1 is 1.24 bits per heavy atom. The Hall–Kier alpha value is -2.37. The monoisotopic (exact) mass is 346 g/mol. The van der Waals surface area contributed by atoms with Gasteiger partial charge in [0.05, 0.1) is 5.92 Å². The van der Waals surface area contributed by atoms with E-state index in [0.717, 1.165) is 0 Å². The third-order valence-corrected chi connectivity index (χ3v) is 4.63. The molecule has 0 spiro atoms. The van der Waals surface area contributed by atoms with Crippen LogP contribution in [0.25, 0.3) is 0 Å². The molecule has 1 saturated heterocycles. The Labute approximate surface area is 148 Å². The summed E-state index contributed by atoms with van der Waals surface area (Å²) in [4.78, 5) is 38.2. The van der Waals surface area contributed by atoms with Gasteiger partial charge in [-0.25, -0.2) is 0 Å². The molecule has 1 aromatic carbocycles. The van der Waals surface area contributed by atoms with Gasteiger partial charge in [-0.2, -0.15) is 0 Å². The van der Waals surface area contributed by atoms with Crippen LogP contribution in [0.2, 0.25) is 0 Å². The third kappa shape index (κ3) is 4.59. The molecule has 3 atom stereocenters. The molecule has 2 rings (SSSR count). The van der Waals surface area contributed by atoms with E-state index in [1.165, 1.54) is 0 Å². The van der Waals surface area contributed by atoms with E-state index in [0.29, 0.717) is 24.9 Å². The molecular formula is C19H26N2O4. The SMILES string of the molecule is CC(C)CC(=O)NC(C(=O)N1CCC(C(=O)O)C1C)c1ccccc1. The molecule has 0 aromatic heterocycles. The molecule has 1 heterocycles. The lowest BCUT2D eigenvalue weighted by Crippen LogP contribution is -2.45. The molecule has 1 aromatic rings. The number of carbonyl (C=O) groups is 3. The number of hydrogen-bond donors (Lipinski definition) is 2. The predicted molar refractivity (Wildman–Crippen MR) is 93.7 cm³/mol. The smallest absolute Gasteiger partial charge is 0.308 e. The number of carbonyl (C=O) groups excluding carboxylic acids is 2. The summed E-state index contributed by atoms with van der Waals surface area (Å²) in [6.07, 6.45) is 0.771. The summed E-state index contributed by atoms with van der Waals surface area (Å²) in [5, 5.41) is 12.1. The Morgan fingerprint density at radius 3 is 2.40 bits per heavy atom. The van der Waals surface area contributed by atoms with Crippen molar-refractivity contribution in [3.05, 3.63) is 35.9 Å². The highest BCUT2D eigenvalue weighted by Crippen LogP contribution is 2.28. The molecule has 0 aliphatic carbocycles. The zero-order valence-electron chi connectivity index (χ0n) is 14.9. The van der Waals surface area contributed by atoms with Gasteiger partial charge in [0.1, 0.15) is 6.04 Å². The molecule has 0 bridgehead atoms. The van der Waals surface area contributed by atoms with Crippen molar-refractivity contribution < 1.29 is 19.5 Å². The topological polar surface area (TPSA) is 86.7 Å². The Kier molecular flexibility index (Phi) is 6.17. The first-order chi connectivity index (χ1) is 11.8. The van der Waals surface area contributed by atoms with Gasteiger partial charge in [-0.05, 0) is 24.8 Å². The number of carboxylic acids is 1. The van der Waals surface area contributed by atoms with E-state index in [2.05, 4.69) is 5.32 Å². The van der Waals surface area contributed by atoms with Gasteiger partial charge in [0.25, 0.3) is 0 Å². The van der Waals surface area contributed by atoms with Crippen LogP contribution in [0.3, 0.4) is 0 Å². The van der Waals surface area contributed by atoms with Crippen LogP contribution >= 0.6 is 0 Å². The van der Waals surface area contributed by atoms with Crippen molar-refractivity contribution in [3.8, 4) is 0 Å². The van der Waals surface area contributed by atoms with Crippen LogP contribution in [0.1, 0.15) is 45.2 Å². The molecule has 136 valence electrons. The van der Waals surface area contributed by atoms with Gasteiger partial charge in [0.15, 0.2) is 0 Å². The number of nitrogens with zero attached hydrogens (tertiary/aromatic N) is 1. The third-order valence-electron chi connectivity index (χ3n) is 4.63. The quantitative estimate of drug-likeness (QED) is 0.827. The van der Waals surface area contributed by atoms with Crippen LogP contribution in [-0.4, -0.2) is 40.4 Å². The molecule has 25 heavy (non-hydrogen) atoms. The summed E-state index contributed by atoms with van der Waals surface area (Å²) in [6, 6.07) is 7.90. The summed E-state index contributed by atoms with van der Waals surface area (Å²) < 4.78 is 0. The van der Waals surface area contributed by atoms with Gasteiger partial charge in [-0.15, -0.1) is 0 Å². The van der Waals surface area contributed by atoms with E-state index in [1.54, 1.807) is 24.0 Å². The maximum absolute atomic E-state index is 13.1. The van der Waals surface area contributed by atoms with Gasteiger partial charge in [-0.1, -0.05) is 44.2 Å². The van der Waals surface area contributed by atoms with Crippen molar-refractivity contribution in [2.24, 2.45) is 11.8 Å². The van der Waals surface area contributed by atoms with Gasteiger partial charge in [0.2, 0.25) is 11.8 Å². The summed E-state index contributed by atoms with van der Waals surface area (Å²) in [5.41, 5.74) is 0.704. The van der Waals surface area contributed by atoms with Gasteiger partial charge in [-0.3, -0.25) is 14.4 Å². The summed E-state index contributed by atoms with van der Waals surface area (Å²) in [5.74, 6) is -1.69. The lowest BCUT2D eigenvalue weighted by molar-refractivity contribution is -0.144. The van der Waals surface area contributed by atoms with Crippen LogP contribution in [0, 0.1) is 11.8 Å². The second-order valence-corrected chi connectivity index (χ2v) is 7.01. The zero-order valence-corrected chi connectivity index (χ0v) is 14.9. The summed E-state index contributed by atoms with van der Waals surface area (Å²) in [7, 11) is 0. The Morgan fingerprint density at radius 2 is 1.88 bits per heavy atom. The van der Waals surface area contributed by atoms with Gasteiger partial charge < -0.3 is 15.3 Å². The molecule has 2 amide bonds. The second kappa shape index (κ2) is 8.14. The number of nitrogens with one attached hydrogen (secondary N) is 1. The first-order valence-electron chi connectivity index (χ1n) is 8.68. The van der Waals surface area contributed by atoms with Gasteiger partial charge in [0, 0.05) is 19.0 Å². The minimum atomic E-state index is -0.886. The Bertz CT molecular complexity index is 630. The maximum atomic E-state index is 13.1. The number of aliphatic carboxylic acids is 1. The van der Waals surface area contributed by atoms with E-state index in [1.807, 2.05) is 32.0 Å². The van der Waals surface area contributed by atoms with Crippen molar-refractivity contribution in [2.45, 2.75) is 45.7 Å². The predicted octanol–water partition coefficient (Wildman–Crippen LogP) is 2.21. The highest BCUT2D eigenvalue weighted by Gasteiger charge is 2.40. The molecule has 2 N–H and O–H groups in total. The molecule has 1 aliphatic heterocycles. The largest absolute Gasteiger partial charge is 0.481 e. The van der Waals surface area contributed by atoms with E-state index in [9.17, 15) is 19.5 Å². The number of likely N-dealkylation sites (tertiary alicyclic amines) is 1. The molecule has 6 heteroatoms. The number of rotatable bonds is 6. The molecule has 0 saturated carbocycles. The minimum absolute atomic E-state index is 0.182. The van der Waals surface area contributed by atoms with E-state index >= 15 is 0 Å². The van der Waals surface area contributed by atoms with Crippen LogP contribution in [0.5, 0.6) is 0 Å². The highest BCUT2D eigenvalue weighted by molar-refractivity contribution is 5.89. The fourth-order valence-corrected chi connectivity index (χ4v) is 3.27. The number of carboxylic acid groups (broad SMARTS) is 1.